The fourth-order valence-corrected chi connectivity index (χ4v) is 2.95. The molecular weight excluding hydrogens is 186 g/mol. The van der Waals surface area contributed by atoms with Gasteiger partial charge in [0.05, 0.1) is 11.7 Å². The molecule has 0 spiro atoms. The van der Waals surface area contributed by atoms with E-state index < -0.39 is 0 Å². The van der Waals surface area contributed by atoms with Crippen molar-refractivity contribution >= 4 is 0 Å². The second-order valence-electron chi connectivity index (χ2n) is 4.96. The van der Waals surface area contributed by atoms with E-state index in [0.29, 0.717) is 6.04 Å². The first-order valence-corrected chi connectivity index (χ1v) is 6.18. The molecule has 0 saturated heterocycles. The molecule has 1 fully saturated rings. The summed E-state index contributed by atoms with van der Waals surface area (Å²) in [6.07, 6.45) is 11.1. The van der Waals surface area contributed by atoms with Crippen LogP contribution in [0, 0.1) is 0 Å². The minimum atomic E-state index is 0.191. The van der Waals surface area contributed by atoms with Crippen molar-refractivity contribution in [2.75, 3.05) is 0 Å². The molecule has 82 valence electrons. The maximum Gasteiger partial charge on any atom is 0.0823 e. The summed E-state index contributed by atoms with van der Waals surface area (Å²) in [6, 6.07) is 0.846. The Balaban J connectivity index is 1.90. The van der Waals surface area contributed by atoms with Crippen LogP contribution in [0.5, 0.6) is 0 Å². The van der Waals surface area contributed by atoms with Crippen molar-refractivity contribution in [1.29, 1.82) is 0 Å². The van der Waals surface area contributed by atoms with E-state index in [4.69, 9.17) is 10.8 Å². The first-order chi connectivity index (χ1) is 7.34. The summed E-state index contributed by atoms with van der Waals surface area (Å²) < 4.78 is 2.20. The molecule has 1 aromatic heterocycles. The smallest absolute Gasteiger partial charge is 0.0823 e. The van der Waals surface area contributed by atoms with Gasteiger partial charge in [0.25, 0.3) is 0 Å². The minimum absolute atomic E-state index is 0.191. The van der Waals surface area contributed by atoms with Crippen molar-refractivity contribution < 1.29 is 0 Å². The van der Waals surface area contributed by atoms with Crippen molar-refractivity contribution in [3.05, 3.63) is 17.5 Å². The van der Waals surface area contributed by atoms with Gasteiger partial charge >= 0.3 is 0 Å². The predicted octanol–water partition coefficient (Wildman–Crippen LogP) is 2.33. The van der Waals surface area contributed by atoms with Gasteiger partial charge in [-0.2, -0.15) is 5.10 Å². The number of rotatable bonds is 1. The summed E-state index contributed by atoms with van der Waals surface area (Å²) in [7, 11) is 0. The lowest BCUT2D eigenvalue weighted by atomic mass is 9.95. The first kappa shape index (κ1) is 9.40. The number of nitrogens with zero attached hydrogens (tertiary/aromatic N) is 2. The Morgan fingerprint density at radius 2 is 2.00 bits per heavy atom. The van der Waals surface area contributed by atoms with E-state index in [1.807, 2.05) is 0 Å². The standard InChI is InChI=1S/C12H19N3/c13-11-7-3-4-9-8-15(14-12(9)11)10-5-1-2-6-10/h8,10-11H,1-7,13H2/t11-/m0/s1. The molecule has 2 N–H and O–H groups in total. The van der Waals surface area contributed by atoms with Crippen molar-refractivity contribution in [2.45, 2.75) is 57.0 Å². The highest BCUT2D eigenvalue weighted by molar-refractivity contribution is 5.23. The molecule has 3 rings (SSSR count). The molecule has 0 bridgehead atoms. The van der Waals surface area contributed by atoms with Gasteiger partial charge in [0, 0.05) is 12.2 Å². The summed E-state index contributed by atoms with van der Waals surface area (Å²) in [6.45, 7) is 0. The third kappa shape index (κ3) is 1.59. The van der Waals surface area contributed by atoms with Crippen LogP contribution in [0.15, 0.2) is 6.20 Å². The van der Waals surface area contributed by atoms with E-state index in [2.05, 4.69) is 10.9 Å². The van der Waals surface area contributed by atoms with Gasteiger partial charge in [-0.25, -0.2) is 0 Å². The first-order valence-electron chi connectivity index (χ1n) is 6.18. The van der Waals surface area contributed by atoms with Gasteiger partial charge in [0.2, 0.25) is 0 Å². The van der Waals surface area contributed by atoms with Gasteiger partial charge in [-0.15, -0.1) is 0 Å². The molecule has 2 aliphatic rings. The van der Waals surface area contributed by atoms with Crippen LogP contribution in [0.1, 0.15) is 61.9 Å². The summed E-state index contributed by atoms with van der Waals surface area (Å²) in [5.41, 5.74) is 8.66. The van der Waals surface area contributed by atoms with Crippen LogP contribution in [0.3, 0.4) is 0 Å². The Labute approximate surface area is 90.7 Å². The zero-order chi connectivity index (χ0) is 10.3. The molecule has 2 aliphatic carbocycles. The molecule has 0 aliphatic heterocycles. The van der Waals surface area contributed by atoms with E-state index in [1.54, 1.807) is 0 Å². The maximum atomic E-state index is 6.08. The molecule has 0 radical (unpaired) electrons. The Morgan fingerprint density at radius 3 is 2.73 bits per heavy atom. The van der Waals surface area contributed by atoms with Gasteiger partial charge in [0.15, 0.2) is 0 Å². The molecule has 1 atom stereocenters. The third-order valence-electron chi connectivity index (χ3n) is 3.85. The lowest BCUT2D eigenvalue weighted by molar-refractivity contribution is 0.456. The van der Waals surface area contributed by atoms with E-state index >= 15 is 0 Å². The van der Waals surface area contributed by atoms with Crippen LogP contribution in [-0.4, -0.2) is 9.78 Å². The number of aromatic nitrogens is 2. The van der Waals surface area contributed by atoms with Crippen LogP contribution in [-0.2, 0) is 6.42 Å². The Hall–Kier alpha value is -0.830. The van der Waals surface area contributed by atoms with Crippen molar-refractivity contribution in [2.24, 2.45) is 5.73 Å². The minimum Gasteiger partial charge on any atom is -0.323 e. The Kier molecular flexibility index (Phi) is 2.28. The van der Waals surface area contributed by atoms with Crippen molar-refractivity contribution in [3.63, 3.8) is 0 Å². The summed E-state index contributed by atoms with van der Waals surface area (Å²) >= 11 is 0. The van der Waals surface area contributed by atoms with Gasteiger partial charge in [-0.1, -0.05) is 12.8 Å². The highest BCUT2D eigenvalue weighted by atomic mass is 15.3. The molecule has 3 heteroatoms. The van der Waals surface area contributed by atoms with Crippen LogP contribution in [0.25, 0.3) is 0 Å². The molecule has 3 nitrogen and oxygen atoms in total. The summed E-state index contributed by atoms with van der Waals surface area (Å²) in [4.78, 5) is 0. The largest absolute Gasteiger partial charge is 0.323 e. The van der Waals surface area contributed by atoms with Crippen molar-refractivity contribution in [1.82, 2.24) is 9.78 Å². The van der Waals surface area contributed by atoms with Crippen molar-refractivity contribution in [3.8, 4) is 0 Å². The lowest BCUT2D eigenvalue weighted by Gasteiger charge is -2.15. The van der Waals surface area contributed by atoms with E-state index in [1.165, 1.54) is 49.8 Å². The van der Waals surface area contributed by atoms with Gasteiger partial charge in [-0.3, -0.25) is 4.68 Å². The highest BCUT2D eigenvalue weighted by Crippen LogP contribution is 2.32. The second-order valence-corrected chi connectivity index (χ2v) is 4.96. The zero-order valence-corrected chi connectivity index (χ0v) is 9.15. The molecule has 1 heterocycles. The van der Waals surface area contributed by atoms with Gasteiger partial charge in [-0.05, 0) is 37.7 Å². The lowest BCUT2D eigenvalue weighted by Crippen LogP contribution is -2.17. The van der Waals surface area contributed by atoms with Gasteiger partial charge < -0.3 is 5.73 Å². The average molecular weight is 205 g/mol. The van der Waals surface area contributed by atoms with E-state index in [0.717, 1.165) is 6.42 Å². The second kappa shape index (κ2) is 3.63. The number of fused-ring (bicyclic) bond motifs is 1. The monoisotopic (exact) mass is 205 g/mol. The Morgan fingerprint density at radius 1 is 1.20 bits per heavy atom. The fraction of sp³-hybridized carbons (Fsp3) is 0.750. The number of nitrogens with two attached hydrogens (primary N) is 1. The molecule has 0 unspecified atom stereocenters. The predicted molar refractivity (Wildman–Crippen MR) is 59.6 cm³/mol. The molecule has 0 amide bonds. The SMILES string of the molecule is N[C@H]1CCCc2cn(C3CCCC3)nc21. The normalized spacial score (nSPS) is 26.9. The third-order valence-corrected chi connectivity index (χ3v) is 3.85. The van der Waals surface area contributed by atoms with E-state index in [9.17, 15) is 0 Å². The number of hydrogen-bond donors (Lipinski definition) is 1. The number of aryl methyl sites for hydroxylation is 1. The average Bonchev–Trinajstić information content (AvgIpc) is 2.86. The topological polar surface area (TPSA) is 43.8 Å². The van der Waals surface area contributed by atoms with Crippen LogP contribution in [0.2, 0.25) is 0 Å². The molecule has 0 aromatic carbocycles. The van der Waals surface area contributed by atoms with E-state index in [-0.39, 0.29) is 6.04 Å². The zero-order valence-electron chi connectivity index (χ0n) is 9.15. The van der Waals surface area contributed by atoms with Gasteiger partial charge in [0.1, 0.15) is 0 Å². The highest BCUT2D eigenvalue weighted by Gasteiger charge is 2.24. The molecule has 15 heavy (non-hydrogen) atoms. The van der Waals surface area contributed by atoms with Crippen LogP contribution in [0.4, 0.5) is 0 Å². The molecule has 1 saturated carbocycles. The van der Waals surface area contributed by atoms with Crippen LogP contribution >= 0.6 is 0 Å². The molecular formula is C12H19N3. The Bertz CT molecular complexity index is 350. The molecule has 1 aromatic rings. The fourth-order valence-electron chi connectivity index (χ4n) is 2.95. The quantitative estimate of drug-likeness (QED) is 0.764. The van der Waals surface area contributed by atoms with Crippen LogP contribution < -0.4 is 5.73 Å². The summed E-state index contributed by atoms with van der Waals surface area (Å²) in [5.74, 6) is 0. The maximum absolute atomic E-state index is 6.08. The summed E-state index contributed by atoms with van der Waals surface area (Å²) in [5, 5.41) is 4.71. The number of hydrogen-bond acceptors (Lipinski definition) is 2.